The highest BCUT2D eigenvalue weighted by molar-refractivity contribution is 5.94. The number of aryl methyl sites for hydroxylation is 1. The fraction of sp³-hybridized carbons (Fsp3) is 0.588. The van der Waals surface area contributed by atoms with Gasteiger partial charge in [0.25, 0.3) is 5.91 Å². The normalized spacial score (nSPS) is 17.2. The van der Waals surface area contributed by atoms with Crippen molar-refractivity contribution in [3.63, 3.8) is 0 Å². The van der Waals surface area contributed by atoms with Gasteiger partial charge in [-0.25, -0.2) is 4.39 Å². The Morgan fingerprint density at radius 3 is 2.62 bits per heavy atom. The van der Waals surface area contributed by atoms with Gasteiger partial charge in [0, 0.05) is 12.6 Å². The first-order valence-electron chi connectivity index (χ1n) is 7.77. The first-order chi connectivity index (χ1) is 9.99. The van der Waals surface area contributed by atoms with E-state index in [-0.39, 0.29) is 11.5 Å². The smallest absolute Gasteiger partial charge is 0.254 e. The molecule has 1 saturated heterocycles. The fourth-order valence-corrected chi connectivity index (χ4v) is 2.97. The maximum absolute atomic E-state index is 13.7. The van der Waals surface area contributed by atoms with E-state index >= 15 is 0 Å². The van der Waals surface area contributed by atoms with Gasteiger partial charge >= 0.3 is 0 Å². The van der Waals surface area contributed by atoms with Gasteiger partial charge in [-0.15, -0.1) is 0 Å². The van der Waals surface area contributed by atoms with E-state index in [4.69, 9.17) is 0 Å². The lowest BCUT2D eigenvalue weighted by Crippen LogP contribution is -2.45. The van der Waals surface area contributed by atoms with Gasteiger partial charge in [-0.3, -0.25) is 9.69 Å². The van der Waals surface area contributed by atoms with E-state index in [1.54, 1.807) is 12.1 Å². The summed E-state index contributed by atoms with van der Waals surface area (Å²) in [7, 11) is 0. The molecule has 0 aliphatic carbocycles. The molecule has 21 heavy (non-hydrogen) atoms. The summed E-state index contributed by atoms with van der Waals surface area (Å²) in [4.78, 5) is 14.6. The Balaban J connectivity index is 1.99. The number of carbonyl (C=O) groups excluding carboxylic acids is 1. The van der Waals surface area contributed by atoms with Gasteiger partial charge in [0.2, 0.25) is 0 Å². The van der Waals surface area contributed by atoms with Crippen LogP contribution >= 0.6 is 0 Å². The van der Waals surface area contributed by atoms with Crippen molar-refractivity contribution in [3.05, 3.63) is 35.1 Å². The zero-order chi connectivity index (χ0) is 15.4. The lowest BCUT2D eigenvalue weighted by molar-refractivity contribution is 0.0923. The summed E-state index contributed by atoms with van der Waals surface area (Å²) in [6.07, 6.45) is 2.45. The summed E-state index contributed by atoms with van der Waals surface area (Å²) in [5.74, 6) is -0.313. The topological polar surface area (TPSA) is 32.3 Å². The highest BCUT2D eigenvalue weighted by atomic mass is 19.1. The van der Waals surface area contributed by atoms with Gasteiger partial charge in [-0.1, -0.05) is 25.5 Å². The zero-order valence-corrected chi connectivity index (χ0v) is 13.2. The predicted molar refractivity (Wildman–Crippen MR) is 82.9 cm³/mol. The molecule has 0 saturated carbocycles. The molecular formula is C17H25FN2O. The summed E-state index contributed by atoms with van der Waals surface area (Å²) in [6, 6.07) is 4.95. The lowest BCUT2D eigenvalue weighted by Gasteiger charge is -2.31. The van der Waals surface area contributed by atoms with Crippen molar-refractivity contribution in [2.45, 2.75) is 39.7 Å². The average Bonchev–Trinajstić information content (AvgIpc) is 2.95. The molecule has 2 rings (SSSR count). The van der Waals surface area contributed by atoms with Crippen LogP contribution in [0.15, 0.2) is 18.2 Å². The van der Waals surface area contributed by atoms with Crippen LogP contribution in [0.4, 0.5) is 4.39 Å². The van der Waals surface area contributed by atoms with Crippen molar-refractivity contribution < 1.29 is 9.18 Å². The maximum Gasteiger partial charge on any atom is 0.254 e. The Hall–Kier alpha value is -1.42. The minimum absolute atomic E-state index is 0.138. The fourth-order valence-electron chi connectivity index (χ4n) is 2.97. The molecule has 1 fully saturated rings. The minimum atomic E-state index is -0.458. The maximum atomic E-state index is 13.7. The second-order valence-electron chi connectivity index (χ2n) is 6.25. The molecule has 3 nitrogen and oxygen atoms in total. The van der Waals surface area contributed by atoms with Gasteiger partial charge in [-0.05, 0) is 50.9 Å². The van der Waals surface area contributed by atoms with E-state index < -0.39 is 5.82 Å². The molecule has 1 atom stereocenters. The number of hydrogen-bond acceptors (Lipinski definition) is 2. The molecule has 116 valence electrons. The van der Waals surface area contributed by atoms with Gasteiger partial charge in [0.05, 0.1) is 5.56 Å². The molecule has 0 radical (unpaired) electrons. The second kappa shape index (κ2) is 7.03. The molecule has 1 aromatic rings. The average molecular weight is 292 g/mol. The van der Waals surface area contributed by atoms with Crippen molar-refractivity contribution in [3.8, 4) is 0 Å². The molecule has 1 heterocycles. The molecule has 1 unspecified atom stereocenters. The van der Waals surface area contributed by atoms with Crippen molar-refractivity contribution in [1.82, 2.24) is 10.2 Å². The van der Waals surface area contributed by atoms with E-state index in [9.17, 15) is 9.18 Å². The van der Waals surface area contributed by atoms with Crippen LogP contribution in [0.25, 0.3) is 0 Å². The van der Waals surface area contributed by atoms with Gasteiger partial charge in [-0.2, -0.15) is 0 Å². The standard InChI is InChI=1S/C17H25FN2O/c1-12(2)16(20-8-4-5-9-20)11-19-17(21)14-10-13(3)6-7-15(14)18/h6-7,10,12,16H,4-5,8-9,11H2,1-3H3,(H,19,21). The third-order valence-electron chi connectivity index (χ3n) is 4.22. The Kier molecular flexibility index (Phi) is 5.34. The van der Waals surface area contributed by atoms with Crippen LogP contribution in [0.1, 0.15) is 42.6 Å². The molecule has 0 spiro atoms. The van der Waals surface area contributed by atoms with E-state index in [2.05, 4.69) is 24.1 Å². The molecule has 1 N–H and O–H groups in total. The van der Waals surface area contributed by atoms with Crippen LogP contribution in [-0.4, -0.2) is 36.5 Å². The number of hydrogen-bond donors (Lipinski definition) is 1. The Morgan fingerprint density at radius 1 is 1.33 bits per heavy atom. The van der Waals surface area contributed by atoms with E-state index in [1.165, 1.54) is 18.9 Å². The molecule has 1 amide bonds. The molecular weight excluding hydrogens is 267 g/mol. The van der Waals surface area contributed by atoms with Crippen LogP contribution < -0.4 is 5.32 Å². The van der Waals surface area contributed by atoms with E-state index in [0.29, 0.717) is 18.5 Å². The number of rotatable bonds is 5. The quantitative estimate of drug-likeness (QED) is 0.905. The summed E-state index contributed by atoms with van der Waals surface area (Å²) in [6.45, 7) is 8.96. The van der Waals surface area contributed by atoms with Crippen molar-refractivity contribution in [1.29, 1.82) is 0 Å². The Labute approximate surface area is 126 Å². The molecule has 1 aromatic carbocycles. The van der Waals surface area contributed by atoms with Crippen molar-refractivity contribution in [2.24, 2.45) is 5.92 Å². The molecule has 4 heteroatoms. The first kappa shape index (κ1) is 16.0. The first-order valence-corrected chi connectivity index (χ1v) is 7.77. The van der Waals surface area contributed by atoms with Gasteiger partial charge < -0.3 is 5.32 Å². The lowest BCUT2D eigenvalue weighted by atomic mass is 10.0. The van der Waals surface area contributed by atoms with Crippen LogP contribution in [0.2, 0.25) is 0 Å². The highest BCUT2D eigenvalue weighted by Crippen LogP contribution is 2.17. The van der Waals surface area contributed by atoms with Crippen molar-refractivity contribution >= 4 is 5.91 Å². The molecule has 1 aliphatic heterocycles. The van der Waals surface area contributed by atoms with Crippen LogP contribution in [-0.2, 0) is 0 Å². The number of halogens is 1. The minimum Gasteiger partial charge on any atom is -0.350 e. The molecule has 0 aromatic heterocycles. The zero-order valence-electron chi connectivity index (χ0n) is 13.2. The molecule has 1 aliphatic rings. The monoisotopic (exact) mass is 292 g/mol. The Morgan fingerprint density at radius 2 is 2.00 bits per heavy atom. The summed E-state index contributed by atoms with van der Waals surface area (Å²) in [5.41, 5.74) is 1.03. The number of carbonyl (C=O) groups is 1. The number of likely N-dealkylation sites (tertiary alicyclic amines) is 1. The van der Waals surface area contributed by atoms with Crippen LogP contribution in [0, 0.1) is 18.7 Å². The Bertz CT molecular complexity index is 496. The number of nitrogens with one attached hydrogen (secondary N) is 1. The third kappa shape index (κ3) is 4.03. The van der Waals surface area contributed by atoms with Crippen molar-refractivity contribution in [2.75, 3.05) is 19.6 Å². The summed E-state index contributed by atoms with van der Waals surface area (Å²) < 4.78 is 13.7. The number of amides is 1. The summed E-state index contributed by atoms with van der Waals surface area (Å²) >= 11 is 0. The predicted octanol–water partition coefficient (Wildman–Crippen LogP) is 2.98. The SMILES string of the molecule is Cc1ccc(F)c(C(=O)NCC(C(C)C)N2CCCC2)c1. The largest absolute Gasteiger partial charge is 0.350 e. The summed E-state index contributed by atoms with van der Waals surface area (Å²) in [5, 5.41) is 2.90. The molecule has 0 bridgehead atoms. The number of nitrogens with zero attached hydrogens (tertiary/aromatic N) is 1. The number of benzene rings is 1. The van der Waals surface area contributed by atoms with Crippen LogP contribution in [0.5, 0.6) is 0 Å². The van der Waals surface area contributed by atoms with E-state index in [1.807, 2.05) is 6.92 Å². The second-order valence-corrected chi connectivity index (χ2v) is 6.25. The van der Waals surface area contributed by atoms with Crippen LogP contribution in [0.3, 0.4) is 0 Å². The van der Waals surface area contributed by atoms with Gasteiger partial charge in [0.1, 0.15) is 5.82 Å². The van der Waals surface area contributed by atoms with E-state index in [0.717, 1.165) is 18.7 Å². The van der Waals surface area contributed by atoms with Gasteiger partial charge in [0.15, 0.2) is 0 Å². The highest BCUT2D eigenvalue weighted by Gasteiger charge is 2.25. The third-order valence-corrected chi connectivity index (χ3v) is 4.22.